The summed E-state index contributed by atoms with van der Waals surface area (Å²) in [7, 11) is 0. The Morgan fingerprint density at radius 2 is 2.08 bits per heavy atom. The van der Waals surface area contributed by atoms with Crippen LogP contribution in [0.15, 0.2) is 41.0 Å². The Morgan fingerprint density at radius 1 is 1.35 bits per heavy atom. The molecule has 0 aliphatic rings. The number of anilines is 1. The lowest BCUT2D eigenvalue weighted by Gasteiger charge is -2.13. The average Bonchev–Trinajstić information content (AvgIpc) is 3.08. The van der Waals surface area contributed by atoms with Gasteiger partial charge >= 0.3 is 6.18 Å². The number of nitrogens with zero attached hydrogens (tertiary/aromatic N) is 1. The van der Waals surface area contributed by atoms with E-state index in [2.05, 4.69) is 10.6 Å². The highest BCUT2D eigenvalue weighted by molar-refractivity contribution is 5.77. The molecule has 0 saturated carbocycles. The number of carbonyl (C=O) groups is 1. The number of rotatable bonds is 7. The maximum absolute atomic E-state index is 12.7. The molecule has 1 aromatic carbocycles. The van der Waals surface area contributed by atoms with E-state index in [0.717, 1.165) is 12.1 Å². The third-order valence-corrected chi connectivity index (χ3v) is 3.54. The van der Waals surface area contributed by atoms with E-state index in [9.17, 15) is 28.1 Å². The number of halogens is 3. The summed E-state index contributed by atoms with van der Waals surface area (Å²) in [5.41, 5.74) is -1.90. The molecule has 140 valence electrons. The van der Waals surface area contributed by atoms with E-state index < -0.39 is 22.4 Å². The number of nitro benzene ring substituents is 1. The van der Waals surface area contributed by atoms with Crippen LogP contribution in [0.3, 0.4) is 0 Å². The first-order valence-electron chi connectivity index (χ1n) is 7.60. The van der Waals surface area contributed by atoms with Gasteiger partial charge in [0.05, 0.1) is 22.8 Å². The Morgan fingerprint density at radius 3 is 2.65 bits per heavy atom. The van der Waals surface area contributed by atoms with Crippen LogP contribution in [0, 0.1) is 10.1 Å². The molecular formula is C16H16F3N3O4. The molecule has 2 rings (SSSR count). The molecule has 26 heavy (non-hydrogen) atoms. The van der Waals surface area contributed by atoms with Crippen LogP contribution in [-0.4, -0.2) is 17.4 Å². The van der Waals surface area contributed by atoms with Gasteiger partial charge in [-0.2, -0.15) is 13.2 Å². The first-order chi connectivity index (χ1) is 12.2. The number of furan rings is 1. The van der Waals surface area contributed by atoms with Crippen LogP contribution in [0.2, 0.25) is 0 Å². The fourth-order valence-electron chi connectivity index (χ4n) is 2.24. The second-order valence-electron chi connectivity index (χ2n) is 5.47. The number of hydrogen-bond acceptors (Lipinski definition) is 5. The van der Waals surface area contributed by atoms with Crippen LogP contribution in [0.5, 0.6) is 0 Å². The van der Waals surface area contributed by atoms with Crippen molar-refractivity contribution in [2.45, 2.75) is 25.6 Å². The molecule has 1 aromatic heterocycles. The molecule has 0 unspecified atom stereocenters. The van der Waals surface area contributed by atoms with E-state index in [1.165, 1.54) is 6.26 Å². The lowest BCUT2D eigenvalue weighted by atomic mass is 10.1. The van der Waals surface area contributed by atoms with Crippen LogP contribution in [-0.2, 0) is 11.0 Å². The minimum atomic E-state index is -4.68. The van der Waals surface area contributed by atoms with Gasteiger partial charge in [0.15, 0.2) is 0 Å². The van der Waals surface area contributed by atoms with E-state index in [1.807, 2.05) is 0 Å². The average molecular weight is 371 g/mol. The number of nitro groups is 1. The fourth-order valence-corrected chi connectivity index (χ4v) is 2.24. The first kappa shape index (κ1) is 19.3. The van der Waals surface area contributed by atoms with Crippen LogP contribution in [0.1, 0.15) is 30.7 Å². The van der Waals surface area contributed by atoms with Crippen molar-refractivity contribution in [3.63, 3.8) is 0 Å². The standard InChI is InChI=1S/C16H16F3N3O4/c1-10(14-3-2-8-26-14)21-15(23)6-7-20-12-5-4-11(16(17,18)19)9-13(12)22(24)25/h2-5,8-10,20H,6-7H2,1H3,(H,21,23)/t10-/m1/s1. The van der Waals surface area contributed by atoms with E-state index in [0.29, 0.717) is 11.8 Å². The third kappa shape index (κ3) is 4.98. The Hall–Kier alpha value is -3.04. The van der Waals surface area contributed by atoms with Gasteiger partial charge in [0, 0.05) is 19.0 Å². The molecule has 0 bridgehead atoms. The van der Waals surface area contributed by atoms with E-state index >= 15 is 0 Å². The number of nitrogens with one attached hydrogen (secondary N) is 2. The predicted octanol–water partition coefficient (Wildman–Crippen LogP) is 3.89. The Bertz CT molecular complexity index is 776. The Balaban J connectivity index is 1.94. The second kappa shape index (κ2) is 7.89. The Labute approximate surface area is 146 Å². The van der Waals surface area contributed by atoms with Gasteiger partial charge in [0.1, 0.15) is 11.4 Å². The topological polar surface area (TPSA) is 97.4 Å². The largest absolute Gasteiger partial charge is 0.467 e. The van der Waals surface area contributed by atoms with Gasteiger partial charge in [0.25, 0.3) is 5.69 Å². The first-order valence-corrected chi connectivity index (χ1v) is 7.60. The molecule has 0 aliphatic heterocycles. The summed E-state index contributed by atoms with van der Waals surface area (Å²) in [5.74, 6) is 0.237. The van der Waals surface area contributed by atoms with Crippen LogP contribution < -0.4 is 10.6 Å². The summed E-state index contributed by atoms with van der Waals surface area (Å²) in [6.45, 7) is 1.74. The van der Waals surface area contributed by atoms with Gasteiger partial charge in [-0.05, 0) is 31.2 Å². The van der Waals surface area contributed by atoms with Crippen molar-refractivity contribution in [3.05, 3.63) is 58.0 Å². The van der Waals surface area contributed by atoms with Gasteiger partial charge in [0.2, 0.25) is 5.91 Å². The summed E-state index contributed by atoms with van der Waals surface area (Å²) >= 11 is 0. The normalized spacial score (nSPS) is 12.5. The molecule has 0 saturated heterocycles. The van der Waals surface area contributed by atoms with Crippen LogP contribution >= 0.6 is 0 Å². The van der Waals surface area contributed by atoms with Crippen LogP contribution in [0.4, 0.5) is 24.5 Å². The highest BCUT2D eigenvalue weighted by atomic mass is 19.4. The molecule has 0 aliphatic carbocycles. The summed E-state index contributed by atoms with van der Waals surface area (Å²) in [4.78, 5) is 21.9. The zero-order chi connectivity index (χ0) is 19.3. The quantitative estimate of drug-likeness (QED) is 0.568. The number of benzene rings is 1. The summed E-state index contributed by atoms with van der Waals surface area (Å²) in [6, 6.07) is 5.22. The van der Waals surface area contributed by atoms with Crippen molar-refractivity contribution in [1.82, 2.24) is 5.32 Å². The minimum absolute atomic E-state index is 0.0168. The maximum atomic E-state index is 12.7. The van der Waals surface area contributed by atoms with Gasteiger partial charge in [-0.1, -0.05) is 0 Å². The van der Waals surface area contributed by atoms with Gasteiger partial charge in [-0.25, -0.2) is 0 Å². The minimum Gasteiger partial charge on any atom is -0.467 e. The molecule has 7 nitrogen and oxygen atoms in total. The molecule has 1 atom stereocenters. The van der Waals surface area contributed by atoms with Crippen molar-refractivity contribution >= 4 is 17.3 Å². The fraction of sp³-hybridized carbons (Fsp3) is 0.312. The SMILES string of the molecule is C[C@@H](NC(=O)CCNc1ccc(C(F)(F)F)cc1[N+](=O)[O-])c1ccco1. The van der Waals surface area contributed by atoms with Crippen molar-refractivity contribution in [2.75, 3.05) is 11.9 Å². The van der Waals surface area contributed by atoms with Crippen molar-refractivity contribution in [3.8, 4) is 0 Å². The number of hydrogen-bond donors (Lipinski definition) is 2. The lowest BCUT2D eigenvalue weighted by molar-refractivity contribution is -0.384. The van der Waals surface area contributed by atoms with Gasteiger partial charge < -0.3 is 15.1 Å². The molecule has 0 fully saturated rings. The van der Waals surface area contributed by atoms with Gasteiger partial charge in [-0.3, -0.25) is 14.9 Å². The highest BCUT2D eigenvalue weighted by Crippen LogP contribution is 2.34. The Kier molecular flexibility index (Phi) is 5.86. The predicted molar refractivity (Wildman–Crippen MR) is 86.5 cm³/mol. The van der Waals surface area contributed by atoms with Gasteiger partial charge in [-0.15, -0.1) is 0 Å². The van der Waals surface area contributed by atoms with Crippen molar-refractivity contribution < 1.29 is 27.3 Å². The molecule has 0 spiro atoms. The molecular weight excluding hydrogens is 355 g/mol. The smallest absolute Gasteiger partial charge is 0.416 e. The molecule has 10 heteroatoms. The molecule has 1 amide bonds. The zero-order valence-corrected chi connectivity index (χ0v) is 13.7. The van der Waals surface area contributed by atoms with E-state index in [4.69, 9.17) is 4.42 Å². The summed E-state index contributed by atoms with van der Waals surface area (Å²) in [6.07, 6.45) is -3.22. The zero-order valence-electron chi connectivity index (χ0n) is 13.7. The van der Waals surface area contributed by atoms with E-state index in [-0.39, 0.29) is 30.6 Å². The van der Waals surface area contributed by atoms with Crippen LogP contribution in [0.25, 0.3) is 0 Å². The number of amides is 1. The number of alkyl halides is 3. The third-order valence-electron chi connectivity index (χ3n) is 3.54. The molecule has 0 radical (unpaired) electrons. The lowest BCUT2D eigenvalue weighted by Crippen LogP contribution is -2.28. The summed E-state index contributed by atoms with van der Waals surface area (Å²) < 4.78 is 43.1. The second-order valence-corrected chi connectivity index (χ2v) is 5.47. The van der Waals surface area contributed by atoms with Crippen molar-refractivity contribution in [1.29, 1.82) is 0 Å². The van der Waals surface area contributed by atoms with Crippen molar-refractivity contribution in [2.24, 2.45) is 0 Å². The summed E-state index contributed by atoms with van der Waals surface area (Å²) in [5, 5.41) is 16.3. The molecule has 2 N–H and O–H groups in total. The molecule has 1 heterocycles. The monoisotopic (exact) mass is 371 g/mol. The highest BCUT2D eigenvalue weighted by Gasteiger charge is 2.33. The molecule has 2 aromatic rings. The number of carbonyl (C=O) groups excluding carboxylic acids is 1. The maximum Gasteiger partial charge on any atom is 0.416 e. The van der Waals surface area contributed by atoms with E-state index in [1.54, 1.807) is 19.1 Å².